The number of benzene rings is 2. The topological polar surface area (TPSA) is 53.1 Å². The maximum Gasteiger partial charge on any atom is 0.236 e. The van der Waals surface area contributed by atoms with Crippen LogP contribution in [0.2, 0.25) is 10.0 Å². The summed E-state index contributed by atoms with van der Waals surface area (Å²) in [6, 6.07) is 11.7. The molecular weight excluding hydrogens is 521 g/mol. The van der Waals surface area contributed by atoms with Crippen LogP contribution in [0.3, 0.4) is 0 Å². The number of halogens is 2. The summed E-state index contributed by atoms with van der Waals surface area (Å²) < 4.78 is 6.07. The Kier molecular flexibility index (Phi) is 9.13. The molecular formula is C30H37Cl2N3O3. The number of aryl methyl sites for hydroxylation is 1. The summed E-state index contributed by atoms with van der Waals surface area (Å²) in [4.78, 5) is 32.3. The van der Waals surface area contributed by atoms with Gasteiger partial charge in [0.25, 0.3) is 0 Å². The quantitative estimate of drug-likeness (QED) is 0.279. The van der Waals surface area contributed by atoms with E-state index in [-0.39, 0.29) is 17.7 Å². The van der Waals surface area contributed by atoms with Crippen molar-refractivity contribution < 1.29 is 14.3 Å². The van der Waals surface area contributed by atoms with Gasteiger partial charge in [0.1, 0.15) is 5.75 Å². The Morgan fingerprint density at radius 3 is 2.50 bits per heavy atom. The van der Waals surface area contributed by atoms with E-state index in [1.54, 1.807) is 0 Å². The van der Waals surface area contributed by atoms with Gasteiger partial charge in [-0.1, -0.05) is 54.6 Å². The van der Waals surface area contributed by atoms with Gasteiger partial charge in [-0.05, 0) is 62.4 Å². The number of carbonyl (C=O) groups excluding carboxylic acids is 2. The maximum absolute atomic E-state index is 13.3. The lowest BCUT2D eigenvalue weighted by molar-refractivity contribution is -0.129. The number of hydrogen-bond donors (Lipinski definition) is 0. The van der Waals surface area contributed by atoms with Crippen molar-refractivity contribution in [3.05, 3.63) is 52.0 Å². The number of amides is 2. The molecule has 0 aromatic heterocycles. The van der Waals surface area contributed by atoms with Gasteiger partial charge in [0, 0.05) is 44.6 Å². The van der Waals surface area contributed by atoms with Crippen molar-refractivity contribution in [3.63, 3.8) is 0 Å². The van der Waals surface area contributed by atoms with Crippen LogP contribution in [0.5, 0.6) is 5.75 Å². The molecule has 1 saturated carbocycles. The molecule has 38 heavy (non-hydrogen) atoms. The maximum atomic E-state index is 13.3. The third-order valence-electron chi connectivity index (χ3n) is 8.11. The number of hydrogen-bond acceptors (Lipinski definition) is 5. The number of unbranched alkanes of at least 4 members (excludes halogenated alkanes) is 1. The molecule has 204 valence electrons. The van der Waals surface area contributed by atoms with Gasteiger partial charge in [-0.2, -0.15) is 0 Å². The smallest absolute Gasteiger partial charge is 0.236 e. The number of carbonyl (C=O) groups is 2. The van der Waals surface area contributed by atoms with Crippen LogP contribution in [0, 0.1) is 5.92 Å². The lowest BCUT2D eigenvalue weighted by Crippen LogP contribution is -2.46. The normalized spacial score (nSPS) is 18.9. The minimum absolute atomic E-state index is 0.0227. The molecule has 2 fully saturated rings. The molecule has 3 aliphatic rings. The first kappa shape index (κ1) is 27.3. The molecule has 0 radical (unpaired) electrons. The van der Waals surface area contributed by atoms with E-state index in [1.165, 1.54) is 11.3 Å². The number of piperazine rings is 1. The van der Waals surface area contributed by atoms with Gasteiger partial charge in [0.2, 0.25) is 11.8 Å². The number of fused-ring (bicyclic) bond motifs is 1. The molecule has 1 aliphatic carbocycles. The average Bonchev–Trinajstić information content (AvgIpc) is 2.95. The number of imide groups is 1. The number of rotatable bonds is 8. The Morgan fingerprint density at radius 2 is 1.71 bits per heavy atom. The van der Waals surface area contributed by atoms with Crippen LogP contribution in [0.4, 0.5) is 11.4 Å². The van der Waals surface area contributed by atoms with Crippen molar-refractivity contribution in [1.82, 2.24) is 4.90 Å². The Morgan fingerprint density at radius 1 is 0.921 bits per heavy atom. The van der Waals surface area contributed by atoms with Gasteiger partial charge in [0.05, 0.1) is 28.0 Å². The fraction of sp³-hybridized carbons (Fsp3) is 0.533. The van der Waals surface area contributed by atoms with Crippen molar-refractivity contribution in [2.24, 2.45) is 5.92 Å². The summed E-state index contributed by atoms with van der Waals surface area (Å²) in [7, 11) is 0. The third-order valence-corrected chi connectivity index (χ3v) is 8.92. The highest BCUT2D eigenvalue weighted by Gasteiger charge is 2.34. The van der Waals surface area contributed by atoms with E-state index in [2.05, 4.69) is 9.80 Å². The molecule has 0 bridgehead atoms. The lowest BCUT2D eigenvalue weighted by Gasteiger charge is -2.36. The summed E-state index contributed by atoms with van der Waals surface area (Å²) in [5, 5.41) is 1.23. The zero-order valence-corrected chi connectivity index (χ0v) is 23.5. The van der Waals surface area contributed by atoms with Crippen LogP contribution in [-0.2, 0) is 16.0 Å². The molecule has 2 aliphatic heterocycles. The summed E-state index contributed by atoms with van der Waals surface area (Å²) in [6.45, 7) is 5.49. The Bertz CT molecular complexity index is 1140. The molecule has 6 nitrogen and oxygen atoms in total. The number of anilines is 2. The molecule has 2 aromatic carbocycles. The lowest BCUT2D eigenvalue weighted by atomic mass is 9.87. The van der Waals surface area contributed by atoms with Gasteiger partial charge < -0.3 is 9.64 Å². The second-order valence-corrected chi connectivity index (χ2v) is 11.4. The summed E-state index contributed by atoms with van der Waals surface area (Å²) in [5.74, 6) is 0.591. The van der Waals surface area contributed by atoms with E-state index in [0.29, 0.717) is 29.5 Å². The first-order chi connectivity index (χ1) is 18.5. The van der Waals surface area contributed by atoms with Crippen LogP contribution in [0.1, 0.15) is 56.9 Å². The molecule has 0 N–H and O–H groups in total. The van der Waals surface area contributed by atoms with E-state index < -0.39 is 0 Å². The van der Waals surface area contributed by atoms with Crippen molar-refractivity contribution in [1.29, 1.82) is 0 Å². The van der Waals surface area contributed by atoms with E-state index in [9.17, 15) is 9.59 Å². The molecule has 0 spiro atoms. The SMILES string of the molecule is O=C1CCc2ccc(OCCCCN3CCN(c4cccc(Cl)c4Cl)CC3)cc2N1C(=O)C1CCCCC1. The summed E-state index contributed by atoms with van der Waals surface area (Å²) >= 11 is 12.6. The molecule has 2 heterocycles. The molecule has 1 saturated heterocycles. The monoisotopic (exact) mass is 557 g/mol. The van der Waals surface area contributed by atoms with Crippen LogP contribution < -0.4 is 14.5 Å². The fourth-order valence-electron chi connectivity index (χ4n) is 5.89. The zero-order chi connectivity index (χ0) is 26.5. The molecule has 8 heteroatoms. The van der Waals surface area contributed by atoms with Gasteiger partial charge >= 0.3 is 0 Å². The second-order valence-electron chi connectivity index (χ2n) is 10.7. The Balaban J connectivity index is 1.08. The van der Waals surface area contributed by atoms with Crippen molar-refractivity contribution >= 4 is 46.4 Å². The Hall–Kier alpha value is -2.28. The van der Waals surface area contributed by atoms with Gasteiger partial charge in [-0.3, -0.25) is 14.5 Å². The highest BCUT2D eigenvalue weighted by atomic mass is 35.5. The highest BCUT2D eigenvalue weighted by Crippen LogP contribution is 2.35. The van der Waals surface area contributed by atoms with Crippen LogP contribution in [-0.4, -0.2) is 56.0 Å². The van der Waals surface area contributed by atoms with Crippen molar-refractivity contribution in [2.75, 3.05) is 49.1 Å². The number of ether oxygens (including phenoxy) is 1. The van der Waals surface area contributed by atoms with Gasteiger partial charge in [-0.25, -0.2) is 4.90 Å². The first-order valence-corrected chi connectivity index (χ1v) is 14.8. The minimum atomic E-state index is -0.0806. The Labute approximate surface area is 235 Å². The minimum Gasteiger partial charge on any atom is -0.494 e. The van der Waals surface area contributed by atoms with Crippen molar-refractivity contribution in [2.45, 2.75) is 57.8 Å². The predicted octanol–water partition coefficient (Wildman–Crippen LogP) is 6.36. The van der Waals surface area contributed by atoms with Gasteiger partial charge in [-0.15, -0.1) is 0 Å². The van der Waals surface area contributed by atoms with Crippen LogP contribution in [0.15, 0.2) is 36.4 Å². The van der Waals surface area contributed by atoms with Crippen LogP contribution in [0.25, 0.3) is 0 Å². The predicted molar refractivity (Wildman–Crippen MR) is 154 cm³/mol. The standard InChI is InChI=1S/C30H37Cl2N3O3/c31-25-9-6-10-26(29(25)32)34-18-16-33(17-19-34)15-4-5-20-38-24-13-11-22-12-14-28(36)35(27(22)21-24)30(37)23-7-2-1-3-8-23/h6,9-11,13,21,23H,1-5,7-8,12,14-20H2. The van der Waals surface area contributed by atoms with Crippen molar-refractivity contribution in [3.8, 4) is 5.75 Å². The second kappa shape index (κ2) is 12.7. The largest absolute Gasteiger partial charge is 0.494 e. The fourth-order valence-corrected chi connectivity index (χ4v) is 6.31. The molecule has 0 atom stereocenters. The molecule has 2 aromatic rings. The van der Waals surface area contributed by atoms with E-state index in [1.807, 2.05) is 36.4 Å². The average molecular weight is 559 g/mol. The molecule has 5 rings (SSSR count). The number of nitrogens with zero attached hydrogens (tertiary/aromatic N) is 3. The molecule has 0 unspecified atom stereocenters. The molecule has 2 amide bonds. The first-order valence-electron chi connectivity index (χ1n) is 14.0. The third kappa shape index (κ3) is 6.30. The highest BCUT2D eigenvalue weighted by molar-refractivity contribution is 6.43. The van der Waals surface area contributed by atoms with Gasteiger partial charge in [0.15, 0.2) is 0 Å². The summed E-state index contributed by atoms with van der Waals surface area (Å²) in [6.07, 6.45) is 8.16. The zero-order valence-electron chi connectivity index (χ0n) is 22.0. The van der Waals surface area contributed by atoms with E-state index in [4.69, 9.17) is 27.9 Å². The van der Waals surface area contributed by atoms with E-state index in [0.717, 1.165) is 93.9 Å². The summed E-state index contributed by atoms with van der Waals surface area (Å²) in [5.41, 5.74) is 2.80. The van der Waals surface area contributed by atoms with E-state index >= 15 is 0 Å². The van der Waals surface area contributed by atoms with Crippen LogP contribution >= 0.6 is 23.2 Å².